The summed E-state index contributed by atoms with van der Waals surface area (Å²) in [5.74, 6) is -0.274. The zero-order valence-electron chi connectivity index (χ0n) is 13.2. The number of aromatic nitrogens is 2. The zero-order chi connectivity index (χ0) is 18.0. The van der Waals surface area contributed by atoms with Gasteiger partial charge in [-0.05, 0) is 42.0 Å². The monoisotopic (exact) mass is 366 g/mol. The Kier molecular flexibility index (Phi) is 4.72. The van der Waals surface area contributed by atoms with Crippen molar-refractivity contribution in [1.29, 1.82) is 0 Å². The van der Waals surface area contributed by atoms with Gasteiger partial charge in [0, 0.05) is 29.0 Å². The fraction of sp³-hybridized carbons (Fsp3) is 0.167. The van der Waals surface area contributed by atoms with Crippen LogP contribution >= 0.6 is 11.6 Å². The predicted octanol–water partition coefficient (Wildman–Crippen LogP) is 5.14. The first kappa shape index (κ1) is 17.4. The van der Waals surface area contributed by atoms with Gasteiger partial charge in [-0.3, -0.25) is 4.57 Å². The minimum Gasteiger partial charge on any atom is -0.497 e. The quantitative estimate of drug-likeness (QED) is 0.639. The van der Waals surface area contributed by atoms with E-state index in [2.05, 4.69) is 4.98 Å². The highest BCUT2D eigenvalue weighted by Crippen LogP contribution is 2.32. The second-order valence-corrected chi connectivity index (χ2v) is 5.84. The van der Waals surface area contributed by atoms with Crippen LogP contribution in [0.3, 0.4) is 0 Å². The second-order valence-electron chi connectivity index (χ2n) is 5.41. The van der Waals surface area contributed by atoms with Gasteiger partial charge in [-0.1, -0.05) is 23.7 Å². The molecule has 0 atom stereocenters. The third-order valence-electron chi connectivity index (χ3n) is 3.72. The van der Waals surface area contributed by atoms with Crippen molar-refractivity contribution in [3.63, 3.8) is 0 Å². The van der Waals surface area contributed by atoms with Crippen molar-refractivity contribution in [3.8, 4) is 11.4 Å². The standard InChI is InChI=1S/C18H14ClF3N2O/c1-25-16-8-2-12(3-9-16)10-15-11-23-17(18(20,21)22)24(15)14-6-4-13(19)5-7-14/h2-9,11H,10H2,1H3. The molecule has 0 bridgehead atoms. The number of halogens is 4. The minimum atomic E-state index is -4.56. The van der Waals surface area contributed by atoms with Gasteiger partial charge in [0.25, 0.3) is 0 Å². The lowest BCUT2D eigenvalue weighted by molar-refractivity contribution is -0.146. The van der Waals surface area contributed by atoms with Crippen molar-refractivity contribution in [1.82, 2.24) is 9.55 Å². The van der Waals surface area contributed by atoms with Crippen LogP contribution in [-0.2, 0) is 12.6 Å². The van der Waals surface area contributed by atoms with E-state index in [1.54, 1.807) is 31.4 Å². The number of nitrogens with zero attached hydrogens (tertiary/aromatic N) is 2. The Hall–Kier alpha value is -2.47. The number of hydrogen-bond acceptors (Lipinski definition) is 2. The molecule has 0 N–H and O–H groups in total. The van der Waals surface area contributed by atoms with Gasteiger partial charge in [-0.25, -0.2) is 4.98 Å². The van der Waals surface area contributed by atoms with Crippen molar-refractivity contribution < 1.29 is 17.9 Å². The van der Waals surface area contributed by atoms with E-state index in [1.165, 1.54) is 18.3 Å². The van der Waals surface area contributed by atoms with Crippen molar-refractivity contribution in [2.24, 2.45) is 0 Å². The molecule has 1 heterocycles. The maximum Gasteiger partial charge on any atom is 0.450 e. The van der Waals surface area contributed by atoms with E-state index in [1.807, 2.05) is 12.1 Å². The normalized spacial score (nSPS) is 11.6. The Bertz CT molecular complexity index is 856. The molecule has 0 unspecified atom stereocenters. The van der Waals surface area contributed by atoms with Gasteiger partial charge >= 0.3 is 6.18 Å². The summed E-state index contributed by atoms with van der Waals surface area (Å²) in [6, 6.07) is 13.3. The highest BCUT2D eigenvalue weighted by atomic mass is 35.5. The van der Waals surface area contributed by atoms with E-state index in [9.17, 15) is 13.2 Å². The maximum absolute atomic E-state index is 13.3. The van der Waals surface area contributed by atoms with E-state index in [4.69, 9.17) is 16.3 Å². The Morgan fingerprint density at radius 1 is 1.04 bits per heavy atom. The average molecular weight is 367 g/mol. The molecule has 3 rings (SSSR count). The largest absolute Gasteiger partial charge is 0.497 e. The molecule has 1 aromatic heterocycles. The lowest BCUT2D eigenvalue weighted by Gasteiger charge is -2.14. The van der Waals surface area contributed by atoms with E-state index >= 15 is 0 Å². The molecule has 7 heteroatoms. The predicted molar refractivity (Wildman–Crippen MR) is 89.4 cm³/mol. The highest BCUT2D eigenvalue weighted by molar-refractivity contribution is 6.30. The van der Waals surface area contributed by atoms with Crippen molar-refractivity contribution in [2.75, 3.05) is 7.11 Å². The first-order chi connectivity index (χ1) is 11.9. The van der Waals surface area contributed by atoms with Gasteiger partial charge in [-0.2, -0.15) is 13.2 Å². The Balaban J connectivity index is 2.04. The SMILES string of the molecule is COc1ccc(Cc2cnc(C(F)(F)F)n2-c2ccc(Cl)cc2)cc1. The summed E-state index contributed by atoms with van der Waals surface area (Å²) in [5, 5.41) is 0.453. The topological polar surface area (TPSA) is 27.1 Å². The number of methoxy groups -OCH3 is 1. The second kappa shape index (κ2) is 6.80. The molecule has 0 saturated carbocycles. The van der Waals surface area contributed by atoms with E-state index < -0.39 is 12.0 Å². The lowest BCUT2D eigenvalue weighted by atomic mass is 10.1. The summed E-state index contributed by atoms with van der Waals surface area (Å²) in [5.41, 5.74) is 1.64. The molecule has 2 aromatic carbocycles. The Morgan fingerprint density at radius 2 is 1.68 bits per heavy atom. The smallest absolute Gasteiger partial charge is 0.450 e. The summed E-state index contributed by atoms with van der Waals surface area (Å²) in [6.45, 7) is 0. The lowest BCUT2D eigenvalue weighted by Crippen LogP contribution is -2.15. The van der Waals surface area contributed by atoms with E-state index in [-0.39, 0.29) is 0 Å². The Labute approximate surface area is 147 Å². The summed E-state index contributed by atoms with van der Waals surface area (Å²) >= 11 is 5.84. The Morgan fingerprint density at radius 3 is 2.24 bits per heavy atom. The first-order valence-electron chi connectivity index (χ1n) is 7.41. The van der Waals surface area contributed by atoms with Gasteiger partial charge in [0.05, 0.1) is 7.11 Å². The summed E-state index contributed by atoms with van der Waals surface area (Å²) < 4.78 is 46.2. The van der Waals surface area contributed by atoms with Gasteiger partial charge in [0.1, 0.15) is 5.75 Å². The summed E-state index contributed by atoms with van der Waals surface area (Å²) in [4.78, 5) is 3.60. The number of alkyl halides is 3. The van der Waals surface area contributed by atoms with Crippen molar-refractivity contribution in [3.05, 3.63) is 76.8 Å². The van der Waals surface area contributed by atoms with Crippen LogP contribution in [0.4, 0.5) is 13.2 Å². The molecule has 3 aromatic rings. The van der Waals surface area contributed by atoms with E-state index in [0.29, 0.717) is 28.6 Å². The van der Waals surface area contributed by atoms with Crippen LogP contribution in [0.15, 0.2) is 54.7 Å². The molecule has 0 aliphatic heterocycles. The van der Waals surface area contributed by atoms with Crippen LogP contribution in [-0.4, -0.2) is 16.7 Å². The highest BCUT2D eigenvalue weighted by Gasteiger charge is 2.37. The maximum atomic E-state index is 13.3. The number of rotatable bonds is 4. The third kappa shape index (κ3) is 3.79. The number of hydrogen-bond donors (Lipinski definition) is 0. The van der Waals surface area contributed by atoms with Crippen LogP contribution < -0.4 is 4.74 Å². The first-order valence-corrected chi connectivity index (χ1v) is 7.79. The van der Waals surface area contributed by atoms with Gasteiger partial charge < -0.3 is 4.74 Å². The molecule has 0 amide bonds. The fourth-order valence-corrected chi connectivity index (χ4v) is 2.67. The third-order valence-corrected chi connectivity index (χ3v) is 3.97. The summed E-state index contributed by atoms with van der Waals surface area (Å²) in [6.07, 6.45) is -3.00. The van der Waals surface area contributed by atoms with Gasteiger partial charge in [0.2, 0.25) is 5.82 Å². The van der Waals surface area contributed by atoms with E-state index in [0.717, 1.165) is 10.1 Å². The number of imidazole rings is 1. The zero-order valence-corrected chi connectivity index (χ0v) is 14.0. The molecule has 0 fully saturated rings. The van der Waals surface area contributed by atoms with Crippen LogP contribution in [0.25, 0.3) is 5.69 Å². The molecule has 130 valence electrons. The molecule has 3 nitrogen and oxygen atoms in total. The van der Waals surface area contributed by atoms with Crippen molar-refractivity contribution >= 4 is 11.6 Å². The summed E-state index contributed by atoms with van der Waals surface area (Å²) in [7, 11) is 1.56. The number of benzene rings is 2. The molecule has 25 heavy (non-hydrogen) atoms. The minimum absolute atomic E-state index is 0.301. The van der Waals surface area contributed by atoms with Crippen LogP contribution in [0, 0.1) is 0 Å². The molecular weight excluding hydrogens is 353 g/mol. The van der Waals surface area contributed by atoms with Crippen LogP contribution in [0.1, 0.15) is 17.1 Å². The van der Waals surface area contributed by atoms with Gasteiger partial charge in [0.15, 0.2) is 0 Å². The molecule has 0 radical (unpaired) electrons. The number of ether oxygens (including phenoxy) is 1. The average Bonchev–Trinajstić information content (AvgIpc) is 3.00. The van der Waals surface area contributed by atoms with Gasteiger partial charge in [-0.15, -0.1) is 0 Å². The molecule has 0 aliphatic rings. The molecule has 0 spiro atoms. The van der Waals surface area contributed by atoms with Crippen molar-refractivity contribution in [2.45, 2.75) is 12.6 Å². The molecular formula is C18H14ClF3N2O. The molecule has 0 aliphatic carbocycles. The van der Waals surface area contributed by atoms with Crippen LogP contribution in [0.5, 0.6) is 5.75 Å². The molecule has 0 saturated heterocycles. The fourth-order valence-electron chi connectivity index (χ4n) is 2.54. The van der Waals surface area contributed by atoms with Crippen LogP contribution in [0.2, 0.25) is 5.02 Å².